The Morgan fingerprint density at radius 1 is 1.14 bits per heavy atom. The summed E-state index contributed by atoms with van der Waals surface area (Å²) in [6.45, 7) is 5.65. The van der Waals surface area contributed by atoms with Crippen molar-refractivity contribution in [1.82, 2.24) is 9.80 Å². The second-order valence-electron chi connectivity index (χ2n) is 9.98. The number of carbonyl (C=O) groups excluding carboxylic acids is 3. The molecule has 0 radical (unpaired) electrons. The molecule has 3 rings (SSSR count). The van der Waals surface area contributed by atoms with Crippen molar-refractivity contribution in [3.8, 4) is 5.75 Å². The molecule has 37 heavy (non-hydrogen) atoms. The van der Waals surface area contributed by atoms with Crippen molar-refractivity contribution in [2.45, 2.75) is 56.7 Å². The molecule has 8 nitrogen and oxygen atoms in total. The van der Waals surface area contributed by atoms with Crippen LogP contribution < -0.4 is 10.1 Å². The number of methoxy groups -OCH3 is 1. The van der Waals surface area contributed by atoms with Gasteiger partial charge in [0, 0.05) is 42.1 Å². The summed E-state index contributed by atoms with van der Waals surface area (Å²) in [5.74, 6) is 0.990. The standard InChI is InChI=1S/C27H34BrN3O5S/c1-27(2,3)36-26(34)31-16-17-7-9-20(35-6)13-18(17)14-22(31)25(33)29-21-10-8-19(28)15-23(21)37-12-11-24(32)30(4)5/h7-10,13,15,22H,11-12,14,16H2,1-6H3,(H,29,33)/t22-/m1/s1. The fourth-order valence-corrected chi connectivity index (χ4v) is 5.33. The minimum absolute atomic E-state index is 0.0392. The summed E-state index contributed by atoms with van der Waals surface area (Å²) in [4.78, 5) is 42.6. The van der Waals surface area contributed by atoms with Gasteiger partial charge in [0.2, 0.25) is 11.8 Å². The first-order valence-electron chi connectivity index (χ1n) is 12.0. The third kappa shape index (κ3) is 7.88. The Morgan fingerprint density at radius 2 is 1.86 bits per heavy atom. The second-order valence-corrected chi connectivity index (χ2v) is 12.0. The van der Waals surface area contributed by atoms with Crippen LogP contribution in [0.15, 0.2) is 45.8 Å². The number of rotatable bonds is 7. The highest BCUT2D eigenvalue weighted by atomic mass is 79.9. The molecule has 0 saturated carbocycles. The molecule has 0 unspecified atom stereocenters. The molecule has 0 aromatic heterocycles. The average molecular weight is 593 g/mol. The summed E-state index contributed by atoms with van der Waals surface area (Å²) in [7, 11) is 5.05. The van der Waals surface area contributed by atoms with Gasteiger partial charge in [-0.25, -0.2) is 4.79 Å². The van der Waals surface area contributed by atoms with Crippen LogP contribution in [0.4, 0.5) is 10.5 Å². The highest BCUT2D eigenvalue weighted by Crippen LogP contribution is 2.33. The van der Waals surface area contributed by atoms with E-state index in [0.717, 1.165) is 20.5 Å². The van der Waals surface area contributed by atoms with Gasteiger partial charge in [-0.15, -0.1) is 11.8 Å². The van der Waals surface area contributed by atoms with Crippen LogP contribution in [-0.4, -0.2) is 66.3 Å². The first kappa shape index (κ1) is 28.8. The Kier molecular flexibility index (Phi) is 9.52. The first-order chi connectivity index (χ1) is 17.4. The number of halogens is 1. The van der Waals surface area contributed by atoms with E-state index < -0.39 is 17.7 Å². The van der Waals surface area contributed by atoms with Crippen molar-refractivity contribution >= 4 is 51.3 Å². The molecule has 1 atom stereocenters. The smallest absolute Gasteiger partial charge is 0.411 e. The molecule has 0 fully saturated rings. The van der Waals surface area contributed by atoms with Gasteiger partial charge >= 0.3 is 6.09 Å². The van der Waals surface area contributed by atoms with Crippen molar-refractivity contribution in [3.05, 3.63) is 52.0 Å². The SMILES string of the molecule is COc1ccc2c(c1)C[C@H](C(=O)Nc1ccc(Br)cc1SCCC(=O)N(C)C)N(C(=O)OC(C)(C)C)C2. The number of nitrogens with one attached hydrogen (secondary N) is 1. The molecule has 2 aromatic carbocycles. The Hall–Kier alpha value is -2.72. The number of thioether (sulfide) groups is 1. The lowest BCUT2D eigenvalue weighted by molar-refractivity contribution is -0.128. The van der Waals surface area contributed by atoms with E-state index >= 15 is 0 Å². The van der Waals surface area contributed by atoms with Crippen LogP contribution >= 0.6 is 27.7 Å². The van der Waals surface area contributed by atoms with Gasteiger partial charge in [-0.2, -0.15) is 0 Å². The molecular weight excluding hydrogens is 558 g/mol. The predicted molar refractivity (Wildman–Crippen MR) is 149 cm³/mol. The monoisotopic (exact) mass is 591 g/mol. The fourth-order valence-electron chi connectivity index (χ4n) is 3.84. The molecule has 1 heterocycles. The molecule has 0 aliphatic carbocycles. The second kappa shape index (κ2) is 12.2. The first-order valence-corrected chi connectivity index (χ1v) is 13.7. The quantitative estimate of drug-likeness (QED) is 0.438. The van der Waals surface area contributed by atoms with Gasteiger partial charge < -0.3 is 19.7 Å². The summed E-state index contributed by atoms with van der Waals surface area (Å²) in [6, 6.07) is 10.5. The number of hydrogen-bond donors (Lipinski definition) is 1. The van der Waals surface area contributed by atoms with E-state index in [1.165, 1.54) is 16.7 Å². The summed E-state index contributed by atoms with van der Waals surface area (Å²) in [5.41, 5.74) is 1.82. The van der Waals surface area contributed by atoms with Gasteiger partial charge in [-0.3, -0.25) is 14.5 Å². The highest BCUT2D eigenvalue weighted by molar-refractivity contribution is 9.10. The van der Waals surface area contributed by atoms with E-state index in [-0.39, 0.29) is 18.4 Å². The number of fused-ring (bicyclic) bond motifs is 1. The van der Waals surface area contributed by atoms with Crippen molar-refractivity contribution < 1.29 is 23.9 Å². The van der Waals surface area contributed by atoms with Crippen LogP contribution in [0.5, 0.6) is 5.75 Å². The molecule has 1 N–H and O–H groups in total. The van der Waals surface area contributed by atoms with Crippen molar-refractivity contribution in [1.29, 1.82) is 0 Å². The van der Waals surface area contributed by atoms with Crippen molar-refractivity contribution in [3.63, 3.8) is 0 Å². The Bertz CT molecular complexity index is 1170. The average Bonchev–Trinajstić information content (AvgIpc) is 2.83. The molecule has 10 heteroatoms. The van der Waals surface area contributed by atoms with Crippen LogP contribution in [0.1, 0.15) is 38.3 Å². The van der Waals surface area contributed by atoms with Gasteiger partial charge in [-0.05, 0) is 62.2 Å². The molecule has 0 bridgehead atoms. The minimum atomic E-state index is -0.772. The predicted octanol–water partition coefficient (Wildman–Crippen LogP) is 5.33. The van der Waals surface area contributed by atoms with Gasteiger partial charge in [0.25, 0.3) is 0 Å². The van der Waals surface area contributed by atoms with E-state index in [1.54, 1.807) is 46.9 Å². The number of amides is 3. The lowest BCUT2D eigenvalue weighted by Gasteiger charge is -2.37. The van der Waals surface area contributed by atoms with Gasteiger partial charge in [-0.1, -0.05) is 22.0 Å². The molecule has 3 amide bonds. The zero-order valence-electron chi connectivity index (χ0n) is 22.1. The maximum Gasteiger partial charge on any atom is 0.411 e. The summed E-state index contributed by atoms with van der Waals surface area (Å²) >= 11 is 4.98. The lowest BCUT2D eigenvalue weighted by Crippen LogP contribution is -2.52. The fraction of sp³-hybridized carbons (Fsp3) is 0.444. The van der Waals surface area contributed by atoms with Gasteiger partial charge in [0.1, 0.15) is 17.4 Å². The minimum Gasteiger partial charge on any atom is -0.497 e. The van der Waals surface area contributed by atoms with Crippen molar-refractivity contribution in [2.75, 3.05) is 32.3 Å². The number of carbonyl (C=O) groups is 3. The molecular formula is C27H34BrN3O5S. The highest BCUT2D eigenvalue weighted by Gasteiger charge is 2.37. The van der Waals surface area contributed by atoms with Crippen LogP contribution in [0, 0.1) is 0 Å². The molecule has 2 aromatic rings. The maximum atomic E-state index is 13.6. The number of benzene rings is 2. The Morgan fingerprint density at radius 3 is 2.51 bits per heavy atom. The van der Waals surface area contributed by atoms with Crippen molar-refractivity contribution in [2.24, 2.45) is 0 Å². The maximum absolute atomic E-state index is 13.6. The lowest BCUT2D eigenvalue weighted by atomic mass is 9.93. The normalized spacial score (nSPS) is 15.0. The molecule has 0 saturated heterocycles. The summed E-state index contributed by atoms with van der Waals surface area (Å²) < 4.78 is 11.9. The number of ether oxygens (including phenoxy) is 2. The number of nitrogens with zero attached hydrogens (tertiary/aromatic N) is 2. The third-order valence-electron chi connectivity index (χ3n) is 5.75. The Labute approximate surface area is 231 Å². The molecule has 1 aliphatic heterocycles. The van der Waals surface area contributed by atoms with Crippen LogP contribution in [0.2, 0.25) is 0 Å². The number of anilines is 1. The van der Waals surface area contributed by atoms with Gasteiger partial charge in [0.05, 0.1) is 19.3 Å². The van der Waals surface area contributed by atoms with E-state index in [4.69, 9.17) is 9.47 Å². The van der Waals surface area contributed by atoms with E-state index in [9.17, 15) is 14.4 Å². The van der Waals surface area contributed by atoms with E-state index in [1.807, 2.05) is 36.4 Å². The zero-order chi connectivity index (χ0) is 27.3. The number of hydrogen-bond acceptors (Lipinski definition) is 6. The van der Waals surface area contributed by atoms with Crippen LogP contribution in [0.3, 0.4) is 0 Å². The van der Waals surface area contributed by atoms with Crippen LogP contribution in [0.25, 0.3) is 0 Å². The topological polar surface area (TPSA) is 88.2 Å². The summed E-state index contributed by atoms with van der Waals surface area (Å²) in [6.07, 6.45) is 0.167. The molecule has 1 aliphatic rings. The third-order valence-corrected chi connectivity index (χ3v) is 7.30. The van der Waals surface area contributed by atoms with Crippen LogP contribution in [-0.2, 0) is 27.3 Å². The zero-order valence-corrected chi connectivity index (χ0v) is 24.5. The van der Waals surface area contributed by atoms with Gasteiger partial charge in [0.15, 0.2) is 0 Å². The largest absolute Gasteiger partial charge is 0.497 e. The summed E-state index contributed by atoms with van der Waals surface area (Å²) in [5, 5.41) is 3.02. The van der Waals surface area contributed by atoms with E-state index in [0.29, 0.717) is 30.0 Å². The molecule has 0 spiro atoms. The Balaban J connectivity index is 1.85. The van der Waals surface area contributed by atoms with E-state index in [2.05, 4.69) is 21.2 Å². The molecule has 200 valence electrons.